The summed E-state index contributed by atoms with van der Waals surface area (Å²) in [7, 11) is 0. The second-order valence-electron chi connectivity index (χ2n) is 5.86. The molecule has 21 heavy (non-hydrogen) atoms. The minimum absolute atomic E-state index is 1.13. The molecule has 4 rings (SSSR count). The van der Waals surface area contributed by atoms with E-state index in [1.807, 2.05) is 0 Å². The van der Waals surface area contributed by atoms with Gasteiger partial charge in [0.1, 0.15) is 0 Å². The number of aryl methyl sites for hydroxylation is 1. The van der Waals surface area contributed by atoms with Gasteiger partial charge in [0, 0.05) is 11.1 Å². The molecular weight excluding hydrogens is 254 g/mol. The van der Waals surface area contributed by atoms with Gasteiger partial charge < -0.3 is 0 Å². The van der Waals surface area contributed by atoms with E-state index in [-0.39, 0.29) is 0 Å². The van der Waals surface area contributed by atoms with Gasteiger partial charge in [0.15, 0.2) is 0 Å². The maximum absolute atomic E-state index is 4.96. The van der Waals surface area contributed by atoms with Crippen LogP contribution in [0.3, 0.4) is 0 Å². The number of fused-ring (bicyclic) bond motifs is 2. The number of pyridine rings is 1. The highest BCUT2D eigenvalue weighted by atomic mass is 14.7. The van der Waals surface area contributed by atoms with E-state index in [9.17, 15) is 0 Å². The van der Waals surface area contributed by atoms with E-state index >= 15 is 0 Å². The Morgan fingerprint density at radius 1 is 0.714 bits per heavy atom. The van der Waals surface area contributed by atoms with Crippen LogP contribution in [-0.2, 0) is 12.8 Å². The third-order valence-electron chi connectivity index (χ3n) is 4.48. The Balaban J connectivity index is 2.08. The van der Waals surface area contributed by atoms with Gasteiger partial charge in [-0.25, -0.2) is 0 Å². The zero-order valence-electron chi connectivity index (χ0n) is 12.2. The fourth-order valence-corrected chi connectivity index (χ4v) is 3.48. The van der Waals surface area contributed by atoms with Crippen LogP contribution in [0.2, 0.25) is 0 Å². The monoisotopic (exact) mass is 273 g/mol. The van der Waals surface area contributed by atoms with Gasteiger partial charge in [-0.3, -0.25) is 4.98 Å². The lowest BCUT2D eigenvalue weighted by atomic mass is 9.92. The van der Waals surface area contributed by atoms with Crippen LogP contribution in [0.15, 0.2) is 54.6 Å². The van der Waals surface area contributed by atoms with Crippen LogP contribution < -0.4 is 0 Å². The zero-order chi connectivity index (χ0) is 14.1. The molecule has 0 fully saturated rings. The fraction of sp³-hybridized carbons (Fsp3) is 0.250. The topological polar surface area (TPSA) is 12.9 Å². The summed E-state index contributed by atoms with van der Waals surface area (Å²) in [5.74, 6) is 0. The second kappa shape index (κ2) is 5.33. The molecule has 1 nitrogen and oxygen atoms in total. The van der Waals surface area contributed by atoms with Gasteiger partial charge in [-0.05, 0) is 48.4 Å². The van der Waals surface area contributed by atoms with Gasteiger partial charge in [0.25, 0.3) is 0 Å². The van der Waals surface area contributed by atoms with Crippen molar-refractivity contribution in [2.24, 2.45) is 0 Å². The van der Waals surface area contributed by atoms with Gasteiger partial charge in [-0.2, -0.15) is 0 Å². The summed E-state index contributed by atoms with van der Waals surface area (Å²) < 4.78 is 0. The number of aromatic nitrogens is 1. The van der Waals surface area contributed by atoms with Crippen LogP contribution in [0.1, 0.15) is 30.5 Å². The number of nitrogens with zero attached hydrogens (tertiary/aromatic N) is 1. The smallest absolute Gasteiger partial charge is 0.0711 e. The highest BCUT2D eigenvalue weighted by Crippen LogP contribution is 2.35. The van der Waals surface area contributed by atoms with Crippen molar-refractivity contribution in [2.75, 3.05) is 0 Å². The maximum Gasteiger partial charge on any atom is 0.0711 e. The molecule has 2 aromatic carbocycles. The van der Waals surface area contributed by atoms with E-state index in [2.05, 4.69) is 54.6 Å². The summed E-state index contributed by atoms with van der Waals surface area (Å²) in [6, 6.07) is 19.4. The van der Waals surface area contributed by atoms with Crippen LogP contribution in [0.4, 0.5) is 0 Å². The van der Waals surface area contributed by atoms with Crippen LogP contribution in [0.25, 0.3) is 22.0 Å². The third kappa shape index (κ3) is 2.23. The van der Waals surface area contributed by atoms with Crippen LogP contribution >= 0.6 is 0 Å². The molecule has 0 atom stereocenters. The molecule has 0 bridgehead atoms. The van der Waals surface area contributed by atoms with Crippen LogP contribution in [0.5, 0.6) is 0 Å². The van der Waals surface area contributed by atoms with Gasteiger partial charge in [0.2, 0.25) is 0 Å². The molecule has 0 amide bonds. The summed E-state index contributed by atoms with van der Waals surface area (Å²) in [6.07, 6.45) is 6.16. The molecule has 0 unspecified atom stereocenters. The van der Waals surface area contributed by atoms with E-state index in [1.165, 1.54) is 47.0 Å². The van der Waals surface area contributed by atoms with Crippen molar-refractivity contribution in [2.45, 2.75) is 32.1 Å². The number of hydrogen-bond donors (Lipinski definition) is 0. The average Bonchev–Trinajstić information content (AvgIpc) is 2.78. The summed E-state index contributed by atoms with van der Waals surface area (Å²) in [4.78, 5) is 4.96. The predicted molar refractivity (Wildman–Crippen MR) is 88.4 cm³/mol. The summed E-state index contributed by atoms with van der Waals surface area (Å²) >= 11 is 0. The molecule has 1 aromatic heterocycles. The van der Waals surface area contributed by atoms with Crippen molar-refractivity contribution in [3.63, 3.8) is 0 Å². The Hall–Kier alpha value is -2.15. The van der Waals surface area contributed by atoms with E-state index in [4.69, 9.17) is 4.98 Å². The Kier molecular flexibility index (Phi) is 3.19. The van der Waals surface area contributed by atoms with E-state index in [1.54, 1.807) is 0 Å². The summed E-state index contributed by atoms with van der Waals surface area (Å²) in [5, 5.41) is 1.30. The Morgan fingerprint density at radius 3 is 2.38 bits per heavy atom. The number of rotatable bonds is 1. The zero-order valence-corrected chi connectivity index (χ0v) is 12.2. The lowest BCUT2D eigenvalue weighted by Crippen LogP contribution is -2.00. The largest absolute Gasteiger partial charge is 0.253 e. The lowest BCUT2D eigenvalue weighted by Gasteiger charge is -2.15. The van der Waals surface area contributed by atoms with Crippen LogP contribution in [-0.4, -0.2) is 4.98 Å². The molecule has 1 aliphatic rings. The molecule has 104 valence electrons. The normalized spacial score (nSPS) is 14.7. The SMILES string of the molecule is c1ccc(-c2c3c(nc4ccccc24)CCCCC3)cc1. The first kappa shape index (κ1) is 12.6. The summed E-state index contributed by atoms with van der Waals surface area (Å²) in [6.45, 7) is 0. The van der Waals surface area contributed by atoms with Gasteiger partial charge in [0.05, 0.1) is 5.52 Å². The van der Waals surface area contributed by atoms with Gasteiger partial charge >= 0.3 is 0 Å². The van der Waals surface area contributed by atoms with Gasteiger partial charge in [-0.15, -0.1) is 0 Å². The van der Waals surface area contributed by atoms with Gasteiger partial charge in [-0.1, -0.05) is 55.0 Å². The fourth-order valence-electron chi connectivity index (χ4n) is 3.48. The Bertz CT molecular complexity index is 774. The highest BCUT2D eigenvalue weighted by molar-refractivity contribution is 5.96. The molecule has 0 radical (unpaired) electrons. The van der Waals surface area contributed by atoms with Crippen molar-refractivity contribution in [1.82, 2.24) is 4.98 Å². The highest BCUT2D eigenvalue weighted by Gasteiger charge is 2.17. The third-order valence-corrected chi connectivity index (χ3v) is 4.48. The number of para-hydroxylation sites is 1. The van der Waals surface area contributed by atoms with Crippen molar-refractivity contribution in [3.8, 4) is 11.1 Å². The molecule has 0 saturated carbocycles. The molecule has 0 saturated heterocycles. The number of hydrogen-bond acceptors (Lipinski definition) is 1. The van der Waals surface area contributed by atoms with Crippen molar-refractivity contribution >= 4 is 10.9 Å². The molecular formula is C20H19N. The van der Waals surface area contributed by atoms with E-state index in [0.717, 1.165) is 18.4 Å². The molecule has 0 aliphatic heterocycles. The molecule has 1 heteroatoms. The van der Waals surface area contributed by atoms with Crippen molar-refractivity contribution < 1.29 is 0 Å². The standard InChI is InChI=1S/C20H19N/c1-3-9-15(10-4-1)20-16-11-5-2-6-13-18(16)21-19-14-8-7-12-17(19)20/h1,3-4,7-10,12,14H,2,5-6,11,13H2. The maximum atomic E-state index is 4.96. The first-order valence-electron chi connectivity index (χ1n) is 7.89. The molecule has 0 spiro atoms. The lowest BCUT2D eigenvalue weighted by molar-refractivity contribution is 0.709. The molecule has 1 heterocycles. The summed E-state index contributed by atoms with van der Waals surface area (Å²) in [5.41, 5.74) is 6.69. The van der Waals surface area contributed by atoms with Crippen molar-refractivity contribution in [1.29, 1.82) is 0 Å². The molecule has 0 N–H and O–H groups in total. The predicted octanol–water partition coefficient (Wildman–Crippen LogP) is 5.17. The second-order valence-corrected chi connectivity index (χ2v) is 5.86. The minimum atomic E-state index is 1.13. The average molecular weight is 273 g/mol. The first-order chi connectivity index (χ1) is 10.4. The van der Waals surface area contributed by atoms with Crippen LogP contribution in [0, 0.1) is 0 Å². The molecule has 3 aromatic rings. The quantitative estimate of drug-likeness (QED) is 0.557. The Labute approximate surface area is 125 Å². The minimum Gasteiger partial charge on any atom is -0.253 e. The van der Waals surface area contributed by atoms with Crippen molar-refractivity contribution in [3.05, 3.63) is 65.9 Å². The molecule has 1 aliphatic carbocycles. The Morgan fingerprint density at radius 2 is 1.48 bits per heavy atom. The number of benzene rings is 2. The first-order valence-corrected chi connectivity index (χ1v) is 7.89. The van der Waals surface area contributed by atoms with E-state index in [0.29, 0.717) is 0 Å². The van der Waals surface area contributed by atoms with E-state index < -0.39 is 0 Å².